The molecule has 17 heavy (non-hydrogen) atoms. The number of hydrogen-bond donors (Lipinski definition) is 0. The molecule has 0 bridgehead atoms. The second-order valence-electron chi connectivity index (χ2n) is 7.04. The van der Waals surface area contributed by atoms with Crippen LogP contribution in [0.3, 0.4) is 0 Å². The van der Waals surface area contributed by atoms with Gasteiger partial charge in [0.25, 0.3) is 0 Å². The molecule has 5 unspecified atom stereocenters. The minimum absolute atomic E-state index is 0.0657. The first-order valence-corrected chi connectivity index (χ1v) is 6.70. The fourth-order valence-electron chi connectivity index (χ4n) is 3.46. The summed E-state index contributed by atoms with van der Waals surface area (Å²) in [5, 5.41) is 0. The molecule has 0 aromatic carbocycles. The predicted molar refractivity (Wildman–Crippen MR) is 68.9 cm³/mol. The lowest BCUT2D eigenvalue weighted by Crippen LogP contribution is -2.58. The third kappa shape index (κ3) is 2.13. The van der Waals surface area contributed by atoms with Crippen molar-refractivity contribution in [2.75, 3.05) is 7.05 Å². The topological polar surface area (TPSA) is 21.7 Å². The molecular weight excluding hydrogens is 214 g/mol. The molecule has 2 heterocycles. The monoisotopic (exact) mass is 241 g/mol. The van der Waals surface area contributed by atoms with Gasteiger partial charge in [-0.2, -0.15) is 0 Å². The number of nitrogens with zero attached hydrogens (tertiary/aromatic N) is 1. The Labute approximate surface area is 105 Å². The standard InChI is InChI=1S/C14H27NO2/c1-9-12-14(6,17-10(2)15(12)7)8-11(16-9)13(3,4)5/h9-12H,8H2,1-7H3. The minimum Gasteiger partial charge on any atom is -0.373 e. The normalized spacial score (nSPS) is 48.2. The molecule has 0 radical (unpaired) electrons. The Kier molecular flexibility index (Phi) is 3.08. The first-order chi connectivity index (χ1) is 7.65. The fourth-order valence-corrected chi connectivity index (χ4v) is 3.46. The molecule has 3 nitrogen and oxygen atoms in total. The molecule has 0 saturated carbocycles. The molecule has 0 amide bonds. The molecule has 0 aliphatic carbocycles. The first-order valence-electron chi connectivity index (χ1n) is 6.70. The Morgan fingerprint density at radius 2 is 1.82 bits per heavy atom. The van der Waals surface area contributed by atoms with Gasteiger partial charge >= 0.3 is 0 Å². The highest BCUT2D eigenvalue weighted by Gasteiger charge is 2.55. The van der Waals surface area contributed by atoms with Crippen LogP contribution in [0.5, 0.6) is 0 Å². The highest BCUT2D eigenvalue weighted by atomic mass is 16.6. The summed E-state index contributed by atoms with van der Waals surface area (Å²) < 4.78 is 12.4. The minimum atomic E-state index is -0.0657. The maximum atomic E-state index is 6.23. The third-order valence-corrected chi connectivity index (χ3v) is 4.46. The van der Waals surface area contributed by atoms with Crippen molar-refractivity contribution in [3.05, 3.63) is 0 Å². The van der Waals surface area contributed by atoms with Gasteiger partial charge in [-0.25, -0.2) is 0 Å². The van der Waals surface area contributed by atoms with E-state index in [4.69, 9.17) is 9.47 Å². The van der Waals surface area contributed by atoms with E-state index in [1.54, 1.807) is 0 Å². The molecule has 5 atom stereocenters. The van der Waals surface area contributed by atoms with Gasteiger partial charge in [-0.15, -0.1) is 0 Å². The maximum Gasteiger partial charge on any atom is 0.108 e. The third-order valence-electron chi connectivity index (χ3n) is 4.46. The Hall–Kier alpha value is -0.120. The summed E-state index contributed by atoms with van der Waals surface area (Å²) in [5.74, 6) is 0. The summed E-state index contributed by atoms with van der Waals surface area (Å²) in [7, 11) is 2.14. The van der Waals surface area contributed by atoms with E-state index in [0.29, 0.717) is 6.04 Å². The van der Waals surface area contributed by atoms with Crippen LogP contribution in [0.4, 0.5) is 0 Å². The van der Waals surface area contributed by atoms with E-state index in [-0.39, 0.29) is 29.5 Å². The van der Waals surface area contributed by atoms with Crippen LogP contribution in [0.1, 0.15) is 48.0 Å². The molecule has 3 heteroatoms. The van der Waals surface area contributed by atoms with Crippen molar-refractivity contribution in [3.8, 4) is 0 Å². The van der Waals surface area contributed by atoms with Crippen molar-refractivity contribution in [1.29, 1.82) is 0 Å². The van der Waals surface area contributed by atoms with E-state index in [9.17, 15) is 0 Å². The van der Waals surface area contributed by atoms with Crippen molar-refractivity contribution >= 4 is 0 Å². The van der Waals surface area contributed by atoms with Gasteiger partial charge in [-0.05, 0) is 33.2 Å². The summed E-state index contributed by atoms with van der Waals surface area (Å²) in [4.78, 5) is 2.31. The van der Waals surface area contributed by atoms with Gasteiger partial charge < -0.3 is 9.47 Å². The predicted octanol–water partition coefficient (Wildman–Crippen LogP) is 2.65. The van der Waals surface area contributed by atoms with Crippen LogP contribution in [0.2, 0.25) is 0 Å². The molecule has 0 spiro atoms. The summed E-state index contributed by atoms with van der Waals surface area (Å²) in [6, 6.07) is 0.371. The first kappa shape index (κ1) is 13.3. The Morgan fingerprint density at radius 3 is 2.35 bits per heavy atom. The van der Waals surface area contributed by atoms with Crippen molar-refractivity contribution < 1.29 is 9.47 Å². The summed E-state index contributed by atoms with van der Waals surface area (Å²) in [6.45, 7) is 13.3. The second-order valence-corrected chi connectivity index (χ2v) is 7.04. The number of fused-ring (bicyclic) bond motifs is 1. The molecule has 100 valence electrons. The Morgan fingerprint density at radius 1 is 1.24 bits per heavy atom. The van der Waals surface area contributed by atoms with Gasteiger partial charge in [0.1, 0.15) is 6.23 Å². The van der Waals surface area contributed by atoms with Gasteiger partial charge in [-0.3, -0.25) is 4.90 Å². The number of likely N-dealkylation sites (N-methyl/N-ethyl adjacent to an activating group) is 1. The molecule has 2 rings (SSSR count). The molecule has 0 N–H and O–H groups in total. The molecule has 0 aromatic rings. The van der Waals surface area contributed by atoms with Crippen molar-refractivity contribution in [2.45, 2.75) is 78.0 Å². The number of hydrogen-bond acceptors (Lipinski definition) is 3. The van der Waals surface area contributed by atoms with Crippen LogP contribution in [-0.2, 0) is 9.47 Å². The molecule has 2 aliphatic rings. The summed E-state index contributed by atoms with van der Waals surface area (Å²) >= 11 is 0. The van der Waals surface area contributed by atoms with E-state index < -0.39 is 0 Å². The van der Waals surface area contributed by atoms with Gasteiger partial charge in [0, 0.05) is 6.42 Å². The number of rotatable bonds is 0. The zero-order valence-electron chi connectivity index (χ0n) is 12.3. The van der Waals surface area contributed by atoms with Crippen LogP contribution < -0.4 is 0 Å². The average Bonchev–Trinajstić information content (AvgIpc) is 2.35. The van der Waals surface area contributed by atoms with E-state index in [0.717, 1.165) is 6.42 Å². The van der Waals surface area contributed by atoms with Gasteiger partial charge in [-0.1, -0.05) is 20.8 Å². The van der Waals surface area contributed by atoms with Crippen molar-refractivity contribution in [3.63, 3.8) is 0 Å². The van der Waals surface area contributed by atoms with Gasteiger partial charge in [0.05, 0.1) is 23.9 Å². The van der Waals surface area contributed by atoms with Gasteiger partial charge in [0.2, 0.25) is 0 Å². The molecule has 2 saturated heterocycles. The zero-order chi connectivity index (χ0) is 13.0. The maximum absolute atomic E-state index is 6.23. The van der Waals surface area contributed by atoms with Crippen molar-refractivity contribution in [2.24, 2.45) is 5.41 Å². The van der Waals surface area contributed by atoms with E-state index >= 15 is 0 Å². The molecule has 2 fully saturated rings. The number of ether oxygens (including phenoxy) is 2. The lowest BCUT2D eigenvalue weighted by atomic mass is 9.76. The van der Waals surface area contributed by atoms with E-state index in [1.807, 2.05) is 0 Å². The lowest BCUT2D eigenvalue weighted by Gasteiger charge is -2.48. The zero-order valence-corrected chi connectivity index (χ0v) is 12.3. The largest absolute Gasteiger partial charge is 0.373 e. The molecule has 2 aliphatic heterocycles. The van der Waals surface area contributed by atoms with Crippen molar-refractivity contribution in [1.82, 2.24) is 4.90 Å². The Bertz CT molecular complexity index is 299. The van der Waals surface area contributed by atoms with Gasteiger partial charge in [0.15, 0.2) is 0 Å². The lowest BCUT2D eigenvalue weighted by molar-refractivity contribution is -0.173. The molecular formula is C14H27NO2. The second kappa shape index (κ2) is 3.94. The Balaban J connectivity index is 2.24. The SMILES string of the molecule is CC1OC(C(C)(C)C)CC2(C)OC(C)N(C)C12. The van der Waals surface area contributed by atoms with Crippen LogP contribution in [-0.4, -0.2) is 42.0 Å². The van der Waals surface area contributed by atoms with Crippen LogP contribution in [0.25, 0.3) is 0 Å². The van der Waals surface area contributed by atoms with E-state index in [2.05, 4.69) is 53.5 Å². The smallest absolute Gasteiger partial charge is 0.108 e. The van der Waals surface area contributed by atoms with Crippen LogP contribution in [0.15, 0.2) is 0 Å². The summed E-state index contributed by atoms with van der Waals surface area (Å²) in [6.07, 6.45) is 1.68. The average molecular weight is 241 g/mol. The van der Waals surface area contributed by atoms with E-state index in [1.165, 1.54) is 0 Å². The van der Waals surface area contributed by atoms with Crippen LogP contribution in [0, 0.1) is 5.41 Å². The quantitative estimate of drug-likeness (QED) is 0.651. The summed E-state index contributed by atoms with van der Waals surface area (Å²) in [5.41, 5.74) is 0.111. The fraction of sp³-hybridized carbons (Fsp3) is 1.00. The highest BCUT2D eigenvalue weighted by molar-refractivity contribution is 5.05. The van der Waals surface area contributed by atoms with Crippen LogP contribution >= 0.6 is 0 Å². The molecule has 0 aromatic heterocycles. The highest BCUT2D eigenvalue weighted by Crippen LogP contribution is 2.45.